The van der Waals surface area contributed by atoms with E-state index in [2.05, 4.69) is 4.98 Å². The first-order chi connectivity index (χ1) is 9.96. The first kappa shape index (κ1) is 16.1. The summed E-state index contributed by atoms with van der Waals surface area (Å²) in [4.78, 5) is 16.0. The molecule has 3 aromatic rings. The average Bonchev–Trinajstić information content (AvgIpc) is 2.86. The first-order valence-corrected chi connectivity index (χ1v) is 6.04. The quantitative estimate of drug-likeness (QED) is 0.720. The molecule has 0 unspecified atom stereocenters. The van der Waals surface area contributed by atoms with E-state index in [0.29, 0.717) is 15.7 Å². The van der Waals surface area contributed by atoms with Crippen molar-refractivity contribution in [3.63, 3.8) is 0 Å². The molecule has 0 N–H and O–H groups in total. The van der Waals surface area contributed by atoms with Crippen LogP contribution in [0.4, 0.5) is 13.2 Å². The van der Waals surface area contributed by atoms with Crippen LogP contribution in [0.5, 0.6) is 0 Å². The van der Waals surface area contributed by atoms with Crippen LogP contribution in [-0.4, -0.2) is 15.7 Å². The second kappa shape index (κ2) is 5.84. The third-order valence-corrected chi connectivity index (χ3v) is 3.00. The van der Waals surface area contributed by atoms with Gasteiger partial charge in [0.2, 0.25) is 5.71 Å². The van der Waals surface area contributed by atoms with Gasteiger partial charge in [0.15, 0.2) is 0 Å². The summed E-state index contributed by atoms with van der Waals surface area (Å²) in [5.41, 5.74) is 0.363. The highest BCUT2D eigenvalue weighted by Crippen LogP contribution is 2.27. The van der Waals surface area contributed by atoms with E-state index < -0.39 is 18.3 Å². The molecular formula is C14H10ClF3N2O2. The van der Waals surface area contributed by atoms with Crippen LogP contribution in [0.25, 0.3) is 22.2 Å². The molecule has 3 rings (SSSR count). The van der Waals surface area contributed by atoms with Crippen molar-refractivity contribution >= 4 is 23.5 Å². The Labute approximate surface area is 128 Å². The molecule has 0 aliphatic carbocycles. The van der Waals surface area contributed by atoms with Gasteiger partial charge in [-0.3, -0.25) is 9.36 Å². The second-order valence-corrected chi connectivity index (χ2v) is 4.49. The van der Waals surface area contributed by atoms with Crippen LogP contribution in [0.15, 0.2) is 52.1 Å². The Hall–Kier alpha value is -2.28. The van der Waals surface area contributed by atoms with Gasteiger partial charge in [-0.2, -0.15) is 13.2 Å². The second-order valence-electron chi connectivity index (χ2n) is 4.49. The predicted molar refractivity (Wildman–Crippen MR) is 77.0 cm³/mol. The molecule has 0 aliphatic rings. The molecule has 22 heavy (non-hydrogen) atoms. The van der Waals surface area contributed by atoms with Crippen molar-refractivity contribution in [1.82, 2.24) is 9.55 Å². The topological polar surface area (TPSA) is 48.0 Å². The van der Waals surface area contributed by atoms with Crippen molar-refractivity contribution in [2.45, 2.75) is 12.7 Å². The van der Waals surface area contributed by atoms with Crippen molar-refractivity contribution in [3.05, 3.63) is 53.3 Å². The van der Waals surface area contributed by atoms with Crippen molar-refractivity contribution in [2.24, 2.45) is 0 Å². The lowest BCUT2D eigenvalue weighted by molar-refractivity contribution is -0.141. The number of fused-ring (bicyclic) bond motifs is 1. The van der Waals surface area contributed by atoms with Gasteiger partial charge < -0.3 is 4.42 Å². The van der Waals surface area contributed by atoms with E-state index in [-0.39, 0.29) is 23.5 Å². The molecule has 1 aromatic carbocycles. The summed E-state index contributed by atoms with van der Waals surface area (Å²) < 4.78 is 43.1. The maximum absolute atomic E-state index is 12.5. The molecule has 0 radical (unpaired) electrons. The van der Waals surface area contributed by atoms with Crippen molar-refractivity contribution in [1.29, 1.82) is 0 Å². The van der Waals surface area contributed by atoms with Crippen LogP contribution in [-0.2, 0) is 6.54 Å². The Morgan fingerprint density at radius 3 is 2.50 bits per heavy atom. The molecule has 0 fully saturated rings. The highest BCUT2D eigenvalue weighted by Gasteiger charge is 2.29. The zero-order chi connectivity index (χ0) is 15.0. The highest BCUT2D eigenvalue weighted by molar-refractivity contribution is 5.91. The van der Waals surface area contributed by atoms with Gasteiger partial charge in [-0.05, 0) is 5.56 Å². The third kappa shape index (κ3) is 2.99. The minimum atomic E-state index is -4.49. The lowest BCUT2D eigenvalue weighted by Gasteiger charge is -2.08. The lowest BCUT2D eigenvalue weighted by Crippen LogP contribution is -2.28. The van der Waals surface area contributed by atoms with E-state index >= 15 is 0 Å². The molecule has 0 atom stereocenters. The number of hydrogen-bond donors (Lipinski definition) is 0. The number of nitrogens with zero attached hydrogens (tertiary/aromatic N) is 2. The summed E-state index contributed by atoms with van der Waals surface area (Å²) in [6.45, 7) is -1.38. The molecule has 0 saturated carbocycles. The summed E-state index contributed by atoms with van der Waals surface area (Å²) in [5, 5.41) is 0.0490. The number of rotatable bonds is 2. The van der Waals surface area contributed by atoms with Crippen molar-refractivity contribution in [2.75, 3.05) is 0 Å². The minimum Gasteiger partial charge on any atom is -0.445 e. The molecule has 2 heterocycles. The fourth-order valence-corrected chi connectivity index (χ4v) is 2.10. The van der Waals surface area contributed by atoms with Gasteiger partial charge in [-0.15, -0.1) is 12.4 Å². The number of furan rings is 1. The summed E-state index contributed by atoms with van der Waals surface area (Å²) in [6.07, 6.45) is -2.32. The van der Waals surface area contributed by atoms with Crippen molar-refractivity contribution < 1.29 is 17.6 Å². The normalized spacial score (nSPS) is 11.4. The van der Waals surface area contributed by atoms with Crippen LogP contribution in [0.1, 0.15) is 0 Å². The maximum Gasteiger partial charge on any atom is 0.406 e. The van der Waals surface area contributed by atoms with Crippen LogP contribution < -0.4 is 5.56 Å². The molecule has 2 aromatic heterocycles. The Balaban J connectivity index is 0.00000176. The van der Waals surface area contributed by atoms with E-state index in [9.17, 15) is 18.0 Å². The number of alkyl halides is 3. The Morgan fingerprint density at radius 2 is 1.86 bits per heavy atom. The van der Waals surface area contributed by atoms with E-state index in [4.69, 9.17) is 4.42 Å². The van der Waals surface area contributed by atoms with Crippen LogP contribution in [0.2, 0.25) is 0 Å². The van der Waals surface area contributed by atoms with E-state index in [1.807, 2.05) is 0 Å². The molecule has 4 nitrogen and oxygen atoms in total. The molecule has 8 heteroatoms. The summed E-state index contributed by atoms with van der Waals surface area (Å²) >= 11 is 0. The van der Waals surface area contributed by atoms with Crippen LogP contribution in [0, 0.1) is 0 Å². The van der Waals surface area contributed by atoms with E-state index in [1.165, 1.54) is 6.26 Å². The van der Waals surface area contributed by atoms with Crippen LogP contribution in [0.3, 0.4) is 0 Å². The van der Waals surface area contributed by atoms with E-state index in [1.54, 1.807) is 30.3 Å². The van der Waals surface area contributed by atoms with Gasteiger partial charge in [0.1, 0.15) is 24.5 Å². The average molecular weight is 331 g/mol. The smallest absolute Gasteiger partial charge is 0.406 e. The third-order valence-electron chi connectivity index (χ3n) is 3.00. The molecule has 0 amide bonds. The molecule has 0 aliphatic heterocycles. The Bertz CT molecular complexity index is 841. The van der Waals surface area contributed by atoms with Gasteiger partial charge in [-0.1, -0.05) is 30.3 Å². The Kier molecular flexibility index (Phi) is 4.27. The van der Waals surface area contributed by atoms with Crippen LogP contribution >= 0.6 is 12.4 Å². The fraction of sp³-hybridized carbons (Fsp3) is 0.143. The number of benzene rings is 1. The summed E-state index contributed by atoms with van der Waals surface area (Å²) in [7, 11) is 0. The molecule has 0 saturated heterocycles. The Morgan fingerprint density at radius 1 is 1.18 bits per heavy atom. The summed E-state index contributed by atoms with van der Waals surface area (Å²) in [5.74, 6) is 0. The highest BCUT2D eigenvalue weighted by atomic mass is 35.5. The van der Waals surface area contributed by atoms with Gasteiger partial charge >= 0.3 is 6.18 Å². The van der Waals surface area contributed by atoms with Gasteiger partial charge in [0, 0.05) is 5.56 Å². The zero-order valence-corrected chi connectivity index (χ0v) is 11.8. The number of halogens is 4. The molecule has 0 bridgehead atoms. The zero-order valence-electron chi connectivity index (χ0n) is 11.0. The van der Waals surface area contributed by atoms with Crippen molar-refractivity contribution in [3.8, 4) is 11.1 Å². The maximum atomic E-state index is 12.5. The van der Waals surface area contributed by atoms with Gasteiger partial charge in [0.05, 0.1) is 0 Å². The SMILES string of the molecule is Cl.O=c1c2c(-c3ccccc3)coc2ncn1CC(F)(F)F. The molecular weight excluding hydrogens is 321 g/mol. The number of hydrogen-bond acceptors (Lipinski definition) is 3. The largest absolute Gasteiger partial charge is 0.445 e. The summed E-state index contributed by atoms with van der Waals surface area (Å²) in [6, 6.07) is 8.80. The first-order valence-electron chi connectivity index (χ1n) is 6.04. The van der Waals surface area contributed by atoms with Gasteiger partial charge in [0.25, 0.3) is 5.56 Å². The van der Waals surface area contributed by atoms with E-state index in [0.717, 1.165) is 6.33 Å². The predicted octanol–water partition coefficient (Wildman–Crippen LogP) is 3.64. The monoisotopic (exact) mass is 330 g/mol. The number of aromatic nitrogens is 2. The minimum absolute atomic E-state index is 0. The lowest BCUT2D eigenvalue weighted by atomic mass is 10.1. The molecule has 0 spiro atoms. The molecule has 116 valence electrons. The van der Waals surface area contributed by atoms with Gasteiger partial charge in [-0.25, -0.2) is 4.98 Å². The fourth-order valence-electron chi connectivity index (χ4n) is 2.10. The standard InChI is InChI=1S/C14H9F3N2O2.ClH/c15-14(16,17)7-19-8-18-12-11(13(19)20)10(6-21-12)9-4-2-1-3-5-9;/h1-6,8H,7H2;1H.